The van der Waals surface area contributed by atoms with Crippen molar-refractivity contribution >= 4 is 17.5 Å². The lowest BCUT2D eigenvalue weighted by Crippen LogP contribution is -2.43. The Hall–Kier alpha value is -0.280. The smallest absolute Gasteiger partial charge is 0.234 e. The van der Waals surface area contributed by atoms with Gasteiger partial charge in [-0.2, -0.15) is 0 Å². The van der Waals surface area contributed by atoms with Crippen molar-refractivity contribution in [1.82, 2.24) is 10.6 Å². The number of alkyl halides is 1. The summed E-state index contributed by atoms with van der Waals surface area (Å²) in [7, 11) is 0. The van der Waals surface area contributed by atoms with Gasteiger partial charge in [-0.25, -0.2) is 0 Å². The normalized spacial score (nSPS) is 18.9. The molecular weight excluding hydrogens is 212 g/mol. The molecule has 0 atom stereocenters. The lowest BCUT2D eigenvalue weighted by Gasteiger charge is -2.37. The maximum atomic E-state index is 11.1. The fourth-order valence-corrected chi connectivity index (χ4v) is 2.22. The van der Waals surface area contributed by atoms with Gasteiger partial charge >= 0.3 is 0 Å². The van der Waals surface area contributed by atoms with E-state index in [4.69, 9.17) is 11.6 Å². The summed E-state index contributed by atoms with van der Waals surface area (Å²) in [6, 6.07) is 0. The van der Waals surface area contributed by atoms with Gasteiger partial charge in [0.25, 0.3) is 0 Å². The summed E-state index contributed by atoms with van der Waals surface area (Å²) in [6.07, 6.45) is 2.40. The molecule has 0 spiro atoms. The van der Waals surface area contributed by atoms with Gasteiger partial charge in [-0.05, 0) is 37.3 Å². The van der Waals surface area contributed by atoms with Gasteiger partial charge in [0.15, 0.2) is 0 Å². The molecule has 1 fully saturated rings. The Morgan fingerprint density at radius 2 is 2.07 bits per heavy atom. The van der Waals surface area contributed by atoms with Crippen molar-refractivity contribution in [2.45, 2.75) is 26.7 Å². The first kappa shape index (κ1) is 12.8. The van der Waals surface area contributed by atoms with Gasteiger partial charge in [-0.1, -0.05) is 13.8 Å². The van der Waals surface area contributed by atoms with Crippen molar-refractivity contribution in [1.29, 1.82) is 0 Å². The number of amides is 1. The SMILES string of the molecule is CC(C)(CNC(=O)CCl)C1CCNCC1. The number of halogens is 1. The zero-order valence-corrected chi connectivity index (χ0v) is 10.4. The van der Waals surface area contributed by atoms with Crippen LogP contribution in [0.4, 0.5) is 0 Å². The van der Waals surface area contributed by atoms with Gasteiger partial charge in [-0.3, -0.25) is 4.79 Å². The average molecular weight is 233 g/mol. The standard InChI is InChI=1S/C11H21ClN2O/c1-11(2,8-14-10(15)7-12)9-3-5-13-6-4-9/h9,13H,3-8H2,1-2H3,(H,14,15). The van der Waals surface area contributed by atoms with Gasteiger partial charge in [0, 0.05) is 6.54 Å². The molecule has 1 rings (SSSR count). The molecule has 0 saturated carbocycles. The van der Waals surface area contributed by atoms with Crippen LogP contribution in [0.15, 0.2) is 0 Å². The Labute approximate surface area is 96.9 Å². The van der Waals surface area contributed by atoms with Gasteiger partial charge in [-0.15, -0.1) is 11.6 Å². The summed E-state index contributed by atoms with van der Waals surface area (Å²) >= 11 is 5.44. The largest absolute Gasteiger partial charge is 0.355 e. The summed E-state index contributed by atoms with van der Waals surface area (Å²) in [5.41, 5.74) is 0.170. The van der Waals surface area contributed by atoms with Crippen LogP contribution >= 0.6 is 11.6 Å². The van der Waals surface area contributed by atoms with Crippen LogP contribution in [-0.4, -0.2) is 31.4 Å². The first-order valence-electron chi connectivity index (χ1n) is 5.59. The van der Waals surface area contributed by atoms with Gasteiger partial charge < -0.3 is 10.6 Å². The molecule has 1 saturated heterocycles. The van der Waals surface area contributed by atoms with Crippen molar-refractivity contribution in [3.05, 3.63) is 0 Å². The molecule has 1 amide bonds. The summed E-state index contributed by atoms with van der Waals surface area (Å²) in [4.78, 5) is 11.1. The molecule has 88 valence electrons. The highest BCUT2D eigenvalue weighted by atomic mass is 35.5. The van der Waals surface area contributed by atoms with Crippen LogP contribution in [0.1, 0.15) is 26.7 Å². The van der Waals surface area contributed by atoms with Crippen molar-refractivity contribution in [2.75, 3.05) is 25.5 Å². The van der Waals surface area contributed by atoms with Gasteiger partial charge in [0.1, 0.15) is 5.88 Å². The van der Waals surface area contributed by atoms with E-state index in [9.17, 15) is 4.79 Å². The highest BCUT2D eigenvalue weighted by Crippen LogP contribution is 2.32. The number of hydrogen-bond donors (Lipinski definition) is 2. The fraction of sp³-hybridized carbons (Fsp3) is 0.909. The van der Waals surface area contributed by atoms with Crippen LogP contribution in [0.2, 0.25) is 0 Å². The molecule has 2 N–H and O–H groups in total. The van der Waals surface area contributed by atoms with E-state index in [-0.39, 0.29) is 17.2 Å². The molecule has 1 aliphatic heterocycles. The molecule has 0 bridgehead atoms. The summed E-state index contributed by atoms with van der Waals surface area (Å²) < 4.78 is 0. The first-order valence-corrected chi connectivity index (χ1v) is 6.13. The van der Waals surface area contributed by atoms with E-state index in [1.54, 1.807) is 0 Å². The third-order valence-corrected chi connectivity index (χ3v) is 3.55. The van der Waals surface area contributed by atoms with Crippen LogP contribution in [-0.2, 0) is 4.79 Å². The number of rotatable bonds is 4. The van der Waals surface area contributed by atoms with Crippen LogP contribution in [0.3, 0.4) is 0 Å². The van der Waals surface area contributed by atoms with Crippen LogP contribution in [0.5, 0.6) is 0 Å². The van der Waals surface area contributed by atoms with E-state index in [0.717, 1.165) is 19.6 Å². The zero-order chi connectivity index (χ0) is 11.3. The van der Waals surface area contributed by atoms with E-state index in [1.807, 2.05) is 0 Å². The Balaban J connectivity index is 2.38. The monoisotopic (exact) mass is 232 g/mol. The van der Waals surface area contributed by atoms with Crippen molar-refractivity contribution < 1.29 is 4.79 Å². The molecule has 15 heavy (non-hydrogen) atoms. The molecule has 0 radical (unpaired) electrons. The van der Waals surface area contributed by atoms with Crippen LogP contribution in [0, 0.1) is 11.3 Å². The van der Waals surface area contributed by atoms with Crippen molar-refractivity contribution in [3.8, 4) is 0 Å². The second-order valence-corrected chi connectivity index (χ2v) is 5.19. The lowest BCUT2D eigenvalue weighted by atomic mass is 9.74. The quantitative estimate of drug-likeness (QED) is 0.719. The van der Waals surface area contributed by atoms with E-state index in [0.29, 0.717) is 5.92 Å². The molecule has 0 unspecified atom stereocenters. The minimum absolute atomic E-state index is 0.0578. The molecule has 3 nitrogen and oxygen atoms in total. The highest BCUT2D eigenvalue weighted by molar-refractivity contribution is 6.27. The number of piperidine rings is 1. The lowest BCUT2D eigenvalue weighted by molar-refractivity contribution is -0.119. The molecule has 0 aromatic rings. The molecule has 4 heteroatoms. The summed E-state index contributed by atoms with van der Waals surface area (Å²) in [6.45, 7) is 7.35. The third-order valence-electron chi connectivity index (χ3n) is 3.31. The van der Waals surface area contributed by atoms with Crippen LogP contribution < -0.4 is 10.6 Å². The summed E-state index contributed by atoms with van der Waals surface area (Å²) in [5, 5.41) is 6.23. The van der Waals surface area contributed by atoms with E-state index in [2.05, 4.69) is 24.5 Å². The maximum absolute atomic E-state index is 11.1. The first-order chi connectivity index (χ1) is 7.06. The van der Waals surface area contributed by atoms with Crippen molar-refractivity contribution in [3.63, 3.8) is 0 Å². The molecule has 0 aromatic carbocycles. The van der Waals surface area contributed by atoms with E-state index < -0.39 is 0 Å². The minimum Gasteiger partial charge on any atom is -0.355 e. The minimum atomic E-state index is -0.0707. The number of nitrogens with one attached hydrogen (secondary N) is 2. The summed E-state index contributed by atoms with van der Waals surface area (Å²) in [5.74, 6) is 0.676. The van der Waals surface area contributed by atoms with Gasteiger partial charge in [0.05, 0.1) is 0 Å². The molecule has 0 aromatic heterocycles. The third kappa shape index (κ3) is 3.99. The predicted octanol–water partition coefficient (Wildman–Crippen LogP) is 1.37. The van der Waals surface area contributed by atoms with E-state index >= 15 is 0 Å². The molecule has 1 heterocycles. The molecular formula is C11H21ClN2O. The molecule has 0 aliphatic carbocycles. The number of carbonyl (C=O) groups is 1. The second kappa shape index (κ2) is 5.71. The topological polar surface area (TPSA) is 41.1 Å². The fourth-order valence-electron chi connectivity index (χ4n) is 2.12. The zero-order valence-electron chi connectivity index (χ0n) is 9.61. The Kier molecular flexibility index (Phi) is 4.87. The highest BCUT2D eigenvalue weighted by Gasteiger charge is 2.30. The van der Waals surface area contributed by atoms with Crippen LogP contribution in [0.25, 0.3) is 0 Å². The Morgan fingerprint density at radius 3 is 2.60 bits per heavy atom. The Morgan fingerprint density at radius 1 is 1.47 bits per heavy atom. The predicted molar refractivity (Wildman–Crippen MR) is 63.1 cm³/mol. The maximum Gasteiger partial charge on any atom is 0.234 e. The van der Waals surface area contributed by atoms with Crippen molar-refractivity contribution in [2.24, 2.45) is 11.3 Å². The Bertz CT molecular complexity index is 213. The van der Waals surface area contributed by atoms with E-state index in [1.165, 1.54) is 12.8 Å². The number of carbonyl (C=O) groups excluding carboxylic acids is 1. The number of hydrogen-bond acceptors (Lipinski definition) is 2. The second-order valence-electron chi connectivity index (χ2n) is 4.92. The average Bonchev–Trinajstić information content (AvgIpc) is 2.27. The van der Waals surface area contributed by atoms with Gasteiger partial charge in [0.2, 0.25) is 5.91 Å². The molecule has 1 aliphatic rings.